The van der Waals surface area contributed by atoms with Crippen molar-refractivity contribution in [2.45, 2.75) is 122 Å². The fraction of sp³-hybridized carbons (Fsp3) is 1.00. The van der Waals surface area contributed by atoms with Gasteiger partial charge < -0.3 is 117 Å². The molecule has 58 heavy (non-hydrogen) atoms. The first-order valence-electron chi connectivity index (χ1n) is 19.2. The highest BCUT2D eigenvalue weighted by atomic mass is 16.8. The van der Waals surface area contributed by atoms with Crippen molar-refractivity contribution in [3.05, 3.63) is 0 Å². The maximum atomic E-state index is 9.16. The zero-order chi connectivity index (χ0) is 41.3. The molecular weight excluding hydrogens is 792 g/mol. The lowest BCUT2D eigenvalue weighted by Gasteiger charge is -2.43. The lowest BCUT2D eigenvalue weighted by molar-refractivity contribution is -0.328. The van der Waals surface area contributed by atoms with Gasteiger partial charge in [0, 0.05) is 0 Å². The molecule has 10 heterocycles. The summed E-state index contributed by atoms with van der Waals surface area (Å²) in [5.41, 5.74) is 0. The van der Waals surface area contributed by atoms with Crippen LogP contribution in [0.5, 0.6) is 0 Å². The van der Waals surface area contributed by atoms with Crippen molar-refractivity contribution in [1.29, 1.82) is 0 Å². The van der Waals surface area contributed by atoms with Gasteiger partial charge in [-0.25, -0.2) is 0 Å². The molecule has 10 N–H and O–H groups in total. The molecular formula is C34H58O24. The number of rotatable bonds is 5. The van der Waals surface area contributed by atoms with Crippen molar-refractivity contribution in [1.82, 2.24) is 0 Å². The van der Waals surface area contributed by atoms with Crippen LogP contribution in [0.15, 0.2) is 0 Å². The maximum absolute atomic E-state index is 9.16. The predicted octanol–water partition coefficient (Wildman–Crippen LogP) is -7.57. The topological polar surface area (TPSA) is 332 Å². The molecule has 10 aliphatic heterocycles. The van der Waals surface area contributed by atoms with Crippen LogP contribution in [0.1, 0.15) is 0 Å². The van der Waals surface area contributed by atoms with Crippen LogP contribution < -0.4 is 0 Å². The summed E-state index contributed by atoms with van der Waals surface area (Å²) in [6, 6.07) is 0. The Morgan fingerprint density at radius 3 is 0.569 bits per heavy atom. The molecule has 10 aliphatic rings. The van der Waals surface area contributed by atoms with Crippen LogP contribution in [0, 0.1) is 0 Å². The second kappa shape index (κ2) is 22.4. The maximum Gasteiger partial charge on any atom is 0.147 e. The molecule has 24 heteroatoms. The second-order valence-electron chi connectivity index (χ2n) is 14.7. The van der Waals surface area contributed by atoms with E-state index in [0.29, 0.717) is 0 Å². The predicted molar refractivity (Wildman–Crippen MR) is 181 cm³/mol. The molecule has 10 saturated heterocycles. The van der Waals surface area contributed by atoms with Crippen LogP contribution in [0.25, 0.3) is 0 Å². The van der Waals surface area contributed by atoms with E-state index in [1.807, 2.05) is 0 Å². The van der Waals surface area contributed by atoms with Gasteiger partial charge >= 0.3 is 0 Å². The van der Waals surface area contributed by atoms with Gasteiger partial charge in [0.15, 0.2) is 0 Å². The molecule has 10 rings (SSSR count). The third-order valence-corrected chi connectivity index (χ3v) is 11.0. The highest BCUT2D eigenvalue weighted by Gasteiger charge is 2.49. The van der Waals surface area contributed by atoms with E-state index in [-0.39, 0.29) is 154 Å². The second-order valence-corrected chi connectivity index (χ2v) is 14.7. The average molecular weight is 851 g/mol. The minimum atomic E-state index is -0.554. The molecule has 10 fully saturated rings. The van der Waals surface area contributed by atoms with Crippen molar-refractivity contribution >= 4 is 0 Å². The van der Waals surface area contributed by atoms with E-state index in [2.05, 4.69) is 0 Å². The van der Waals surface area contributed by atoms with Crippen molar-refractivity contribution in [2.75, 3.05) is 93.2 Å². The van der Waals surface area contributed by atoms with E-state index in [4.69, 9.17) is 117 Å². The van der Waals surface area contributed by atoms with Crippen LogP contribution in [-0.4, -0.2) is 266 Å². The molecule has 0 saturated carbocycles. The van der Waals surface area contributed by atoms with Crippen molar-refractivity contribution in [3.8, 4) is 0 Å². The summed E-state index contributed by atoms with van der Waals surface area (Å²) in [5, 5.41) is 91.0. The number of fused-ring (bicyclic) bond motifs is 4. The number of hydrogen-bond acceptors (Lipinski definition) is 24. The molecule has 0 aliphatic carbocycles. The van der Waals surface area contributed by atoms with E-state index in [0.717, 1.165) is 0 Å². The van der Waals surface area contributed by atoms with Crippen LogP contribution >= 0.6 is 0 Å². The molecule has 0 unspecified atom stereocenters. The molecule has 0 aromatic carbocycles. The summed E-state index contributed by atoms with van der Waals surface area (Å²) in [6.45, 7) is 1.69. The van der Waals surface area contributed by atoms with Crippen molar-refractivity contribution in [2.24, 2.45) is 0 Å². The summed E-state index contributed by atoms with van der Waals surface area (Å²) in [4.78, 5) is 0. The molecule has 0 aromatic heterocycles. The third-order valence-electron chi connectivity index (χ3n) is 11.0. The van der Waals surface area contributed by atoms with Crippen LogP contribution in [-0.2, 0) is 66.3 Å². The van der Waals surface area contributed by atoms with Gasteiger partial charge in [0.1, 0.15) is 149 Å². The van der Waals surface area contributed by atoms with E-state index in [9.17, 15) is 0 Å². The average Bonchev–Trinajstić information content (AvgIpc) is 4.11. The number of hydrogen-bond donors (Lipinski definition) is 10. The Morgan fingerprint density at radius 1 is 0.241 bits per heavy atom. The van der Waals surface area contributed by atoms with E-state index in [1.165, 1.54) is 0 Å². The number of aliphatic hydroxyl groups excluding tert-OH is 10. The molecule has 0 bridgehead atoms. The number of aliphatic hydroxyl groups is 10. The molecule has 20 atom stereocenters. The molecule has 0 spiro atoms. The Balaban J connectivity index is 0.000000123. The Kier molecular flexibility index (Phi) is 18.0. The summed E-state index contributed by atoms with van der Waals surface area (Å²) in [7, 11) is 0. The molecule has 0 amide bonds. The van der Waals surface area contributed by atoms with Gasteiger partial charge in [-0.1, -0.05) is 0 Å². The van der Waals surface area contributed by atoms with E-state index < -0.39 is 61.0 Å². The fourth-order valence-electron chi connectivity index (χ4n) is 7.86. The molecule has 338 valence electrons. The lowest BCUT2D eigenvalue weighted by atomic mass is 10.0. The Hall–Kier alpha value is -0.960. The Labute approximate surface area is 332 Å². The van der Waals surface area contributed by atoms with Crippen LogP contribution in [0.2, 0.25) is 0 Å². The minimum absolute atomic E-state index is 0.0929. The standard InChI is InChI=1S/2C8H14O6.3C6H10O4/c9-1-5-7-8(14-3-11-5)6(2-10)12-4-13-7;9-1-5-7(13-3-11-5)8-6(2-10)12-4-14-8;3*7-3-1-9-6-4(8)2-10-5(3)6/h2*5-10H,1-4H2;3*3-8H,1-2H2/t5-,6-,7-,8-;5-,6+,7+,8-;3-,4+,5-,6-;3-,4-,5+,6+;3-,4-,5-,6-/m1.010/s1. The highest BCUT2D eigenvalue weighted by molar-refractivity contribution is 4.96. The van der Waals surface area contributed by atoms with Gasteiger partial charge in [-0.2, -0.15) is 0 Å². The van der Waals surface area contributed by atoms with Gasteiger partial charge in [0.2, 0.25) is 0 Å². The Bertz CT molecular complexity index is 1030. The summed E-state index contributed by atoms with van der Waals surface area (Å²) in [6.07, 6.45) is -8.12. The van der Waals surface area contributed by atoms with Gasteiger partial charge in [0.25, 0.3) is 0 Å². The summed E-state index contributed by atoms with van der Waals surface area (Å²) in [5.74, 6) is 0. The zero-order valence-electron chi connectivity index (χ0n) is 31.6. The van der Waals surface area contributed by atoms with Gasteiger partial charge in [-0.3, -0.25) is 0 Å². The Morgan fingerprint density at radius 2 is 0.414 bits per heavy atom. The first-order chi connectivity index (χ1) is 28.1. The van der Waals surface area contributed by atoms with Crippen molar-refractivity contribution in [3.63, 3.8) is 0 Å². The van der Waals surface area contributed by atoms with E-state index >= 15 is 0 Å². The number of ether oxygens (including phenoxy) is 14. The van der Waals surface area contributed by atoms with Gasteiger partial charge in [-0.05, 0) is 0 Å². The monoisotopic (exact) mass is 850 g/mol. The minimum Gasteiger partial charge on any atom is -0.394 e. The fourth-order valence-corrected chi connectivity index (χ4v) is 7.86. The molecule has 0 aromatic rings. The van der Waals surface area contributed by atoms with Crippen LogP contribution in [0.4, 0.5) is 0 Å². The highest BCUT2D eigenvalue weighted by Crippen LogP contribution is 2.29. The lowest BCUT2D eigenvalue weighted by Crippen LogP contribution is -2.58. The van der Waals surface area contributed by atoms with E-state index in [1.54, 1.807) is 0 Å². The first-order valence-corrected chi connectivity index (χ1v) is 19.2. The van der Waals surface area contributed by atoms with Gasteiger partial charge in [-0.15, -0.1) is 0 Å². The quantitative estimate of drug-likeness (QED) is 0.123. The largest absolute Gasteiger partial charge is 0.394 e. The molecule has 24 nitrogen and oxygen atoms in total. The SMILES string of the molecule is OC[C@@H]1OCO[C@H]1[C@H]1OCO[C@@H]1CO.OC[C@H]1OCO[C@H]2[C@@H]1OCO[C@@H]2CO.O[C@@H]1CO[C@@H]2[C@H]1OC[C@@H]2O.O[C@@H]1CO[C@@H]2[C@H]1OC[C@H]2O.O[C@H]1CO[C@@H]2[C@H]1OC[C@@H]2O. The van der Waals surface area contributed by atoms with Crippen LogP contribution in [0.3, 0.4) is 0 Å². The molecule has 0 radical (unpaired) electrons. The summed E-state index contributed by atoms with van der Waals surface area (Å²) < 4.78 is 72.1. The summed E-state index contributed by atoms with van der Waals surface area (Å²) >= 11 is 0. The van der Waals surface area contributed by atoms with Crippen molar-refractivity contribution < 1.29 is 117 Å². The third kappa shape index (κ3) is 11.0. The first kappa shape index (κ1) is 46.5. The smallest absolute Gasteiger partial charge is 0.147 e. The van der Waals surface area contributed by atoms with Gasteiger partial charge in [0.05, 0.1) is 66.1 Å². The zero-order valence-corrected chi connectivity index (χ0v) is 31.6. The normalized spacial score (nSPS) is 48.5.